The molecule has 0 aromatic heterocycles. The third-order valence-electron chi connectivity index (χ3n) is 2.87. The first kappa shape index (κ1) is 13.0. The molecule has 5 nitrogen and oxygen atoms in total. The number of carbonyl (C=O) groups is 3. The molecule has 98 valence electrons. The molecular formula is C14H13NO4. The molecule has 1 aliphatic rings. The first-order valence-corrected chi connectivity index (χ1v) is 5.72. The number of ether oxygens (including phenoxy) is 1. The lowest BCUT2D eigenvalue weighted by atomic mass is 10.1. The molecule has 0 N–H and O–H groups in total. The van der Waals surface area contributed by atoms with Gasteiger partial charge >= 0.3 is 5.97 Å². The molecule has 1 aromatic carbocycles. The topological polar surface area (TPSA) is 63.7 Å². The normalized spacial score (nSPS) is 13.3. The van der Waals surface area contributed by atoms with Crippen molar-refractivity contribution in [2.45, 2.75) is 13.8 Å². The minimum absolute atomic E-state index is 0.0197. The molecule has 1 heterocycles. The fourth-order valence-corrected chi connectivity index (χ4v) is 2.01. The summed E-state index contributed by atoms with van der Waals surface area (Å²) in [6.07, 6.45) is 0. The predicted molar refractivity (Wildman–Crippen MR) is 67.3 cm³/mol. The molecule has 1 aromatic rings. The maximum absolute atomic E-state index is 12.2. The Morgan fingerprint density at radius 1 is 1.05 bits per heavy atom. The van der Waals surface area contributed by atoms with Gasteiger partial charge in [0.1, 0.15) is 5.70 Å². The lowest BCUT2D eigenvalue weighted by Gasteiger charge is -2.17. The van der Waals surface area contributed by atoms with Crippen molar-refractivity contribution in [1.82, 2.24) is 4.90 Å². The van der Waals surface area contributed by atoms with E-state index >= 15 is 0 Å². The molecule has 2 rings (SSSR count). The number of nitrogens with zero attached hydrogens (tertiary/aromatic N) is 1. The summed E-state index contributed by atoms with van der Waals surface area (Å²) in [5.74, 6) is -1.70. The largest absolute Gasteiger partial charge is 0.464 e. The van der Waals surface area contributed by atoms with Crippen molar-refractivity contribution in [3.63, 3.8) is 0 Å². The van der Waals surface area contributed by atoms with Crippen molar-refractivity contribution in [2.24, 2.45) is 0 Å². The van der Waals surface area contributed by atoms with Crippen LogP contribution >= 0.6 is 0 Å². The van der Waals surface area contributed by atoms with Gasteiger partial charge in [-0.1, -0.05) is 12.1 Å². The number of benzene rings is 1. The van der Waals surface area contributed by atoms with Gasteiger partial charge in [-0.2, -0.15) is 0 Å². The SMILES string of the molecule is COC(=O)C(=C(C)C)N1C(=O)c2ccccc2C1=O. The third-order valence-corrected chi connectivity index (χ3v) is 2.87. The molecule has 0 bridgehead atoms. The molecule has 0 atom stereocenters. The maximum atomic E-state index is 12.2. The zero-order valence-electron chi connectivity index (χ0n) is 10.9. The second-order valence-corrected chi connectivity index (χ2v) is 4.33. The number of fused-ring (bicyclic) bond motifs is 1. The molecule has 0 unspecified atom stereocenters. The summed E-state index contributed by atoms with van der Waals surface area (Å²) in [4.78, 5) is 37.1. The third kappa shape index (κ3) is 1.93. The summed E-state index contributed by atoms with van der Waals surface area (Å²) in [6, 6.07) is 6.48. The van der Waals surface area contributed by atoms with E-state index in [2.05, 4.69) is 4.74 Å². The zero-order valence-corrected chi connectivity index (χ0v) is 10.9. The van der Waals surface area contributed by atoms with Gasteiger partial charge in [0.25, 0.3) is 11.8 Å². The number of hydrogen-bond acceptors (Lipinski definition) is 4. The van der Waals surface area contributed by atoms with Crippen LogP contribution in [-0.4, -0.2) is 29.8 Å². The lowest BCUT2D eigenvalue weighted by molar-refractivity contribution is -0.137. The Hall–Kier alpha value is -2.43. The second-order valence-electron chi connectivity index (χ2n) is 4.33. The van der Waals surface area contributed by atoms with E-state index in [9.17, 15) is 14.4 Å². The summed E-state index contributed by atoms with van der Waals surface area (Å²) in [5, 5.41) is 0. The molecular weight excluding hydrogens is 246 g/mol. The Bertz CT molecular complexity index is 577. The van der Waals surface area contributed by atoms with Crippen LogP contribution in [-0.2, 0) is 9.53 Å². The first-order valence-electron chi connectivity index (χ1n) is 5.72. The standard InChI is InChI=1S/C14H13NO4/c1-8(2)11(14(18)19-3)15-12(16)9-6-4-5-7-10(9)13(15)17/h4-7H,1-3H3. The molecule has 0 fully saturated rings. The van der Waals surface area contributed by atoms with Crippen molar-refractivity contribution in [3.8, 4) is 0 Å². The summed E-state index contributed by atoms with van der Waals surface area (Å²) in [7, 11) is 1.21. The van der Waals surface area contributed by atoms with Crippen LogP contribution < -0.4 is 0 Å². The van der Waals surface area contributed by atoms with Gasteiger partial charge < -0.3 is 4.74 Å². The van der Waals surface area contributed by atoms with Gasteiger partial charge in [0.05, 0.1) is 18.2 Å². The van der Waals surface area contributed by atoms with Gasteiger partial charge in [0, 0.05) is 0 Å². The molecule has 2 amide bonds. The number of hydrogen-bond donors (Lipinski definition) is 0. The highest BCUT2D eigenvalue weighted by Gasteiger charge is 2.40. The Morgan fingerprint density at radius 2 is 1.53 bits per heavy atom. The maximum Gasteiger partial charge on any atom is 0.355 e. The van der Waals surface area contributed by atoms with E-state index in [1.165, 1.54) is 7.11 Å². The molecule has 0 radical (unpaired) electrons. The number of amides is 2. The Kier molecular flexibility index (Phi) is 3.21. The summed E-state index contributed by atoms with van der Waals surface area (Å²) < 4.78 is 4.64. The Labute approximate surface area is 110 Å². The number of imide groups is 1. The number of rotatable bonds is 2. The summed E-state index contributed by atoms with van der Waals surface area (Å²) >= 11 is 0. The fraction of sp³-hybridized carbons (Fsp3) is 0.214. The zero-order chi connectivity index (χ0) is 14.2. The van der Waals surface area contributed by atoms with E-state index in [4.69, 9.17) is 0 Å². The lowest BCUT2D eigenvalue weighted by Crippen LogP contribution is -2.34. The van der Waals surface area contributed by atoms with Crippen molar-refractivity contribution in [1.29, 1.82) is 0 Å². The van der Waals surface area contributed by atoms with Gasteiger partial charge in [-0.3, -0.25) is 9.59 Å². The van der Waals surface area contributed by atoms with Crippen LogP contribution in [0.4, 0.5) is 0 Å². The Balaban J connectivity index is 2.55. The van der Waals surface area contributed by atoms with Crippen LogP contribution in [0.3, 0.4) is 0 Å². The monoisotopic (exact) mass is 259 g/mol. The van der Waals surface area contributed by atoms with Gasteiger partial charge in [0.15, 0.2) is 0 Å². The van der Waals surface area contributed by atoms with Gasteiger partial charge in [-0.25, -0.2) is 9.69 Å². The van der Waals surface area contributed by atoms with Crippen LogP contribution in [0.2, 0.25) is 0 Å². The fourth-order valence-electron chi connectivity index (χ4n) is 2.01. The van der Waals surface area contributed by atoms with Crippen molar-refractivity contribution >= 4 is 17.8 Å². The summed E-state index contributed by atoms with van der Waals surface area (Å²) in [5.41, 5.74) is 1.13. The average Bonchev–Trinajstić information content (AvgIpc) is 2.64. The van der Waals surface area contributed by atoms with Crippen molar-refractivity contribution < 1.29 is 19.1 Å². The van der Waals surface area contributed by atoms with Gasteiger partial charge in [-0.15, -0.1) is 0 Å². The van der Waals surface area contributed by atoms with E-state index in [0.717, 1.165) is 4.90 Å². The van der Waals surface area contributed by atoms with Crippen LogP contribution in [0.1, 0.15) is 34.6 Å². The van der Waals surface area contributed by atoms with Crippen molar-refractivity contribution in [3.05, 3.63) is 46.7 Å². The number of carbonyl (C=O) groups excluding carboxylic acids is 3. The van der Waals surface area contributed by atoms with E-state index in [1.807, 2.05) is 0 Å². The quantitative estimate of drug-likeness (QED) is 0.461. The molecule has 0 saturated heterocycles. The van der Waals surface area contributed by atoms with Crippen LogP contribution in [0, 0.1) is 0 Å². The van der Waals surface area contributed by atoms with E-state index in [0.29, 0.717) is 16.7 Å². The Morgan fingerprint density at radius 3 is 1.89 bits per heavy atom. The molecule has 0 saturated carbocycles. The molecule has 0 spiro atoms. The molecule has 1 aliphatic heterocycles. The number of esters is 1. The highest BCUT2D eigenvalue weighted by atomic mass is 16.5. The van der Waals surface area contributed by atoms with Crippen LogP contribution in [0.5, 0.6) is 0 Å². The average molecular weight is 259 g/mol. The molecule has 5 heteroatoms. The van der Waals surface area contributed by atoms with E-state index in [-0.39, 0.29) is 5.70 Å². The highest BCUT2D eigenvalue weighted by molar-refractivity contribution is 6.24. The van der Waals surface area contributed by atoms with Gasteiger partial charge in [0.2, 0.25) is 0 Å². The van der Waals surface area contributed by atoms with Crippen molar-refractivity contribution in [2.75, 3.05) is 7.11 Å². The molecule has 0 aliphatic carbocycles. The van der Waals surface area contributed by atoms with E-state index in [1.54, 1.807) is 38.1 Å². The predicted octanol–water partition coefficient (Wildman–Crippen LogP) is 1.75. The summed E-state index contributed by atoms with van der Waals surface area (Å²) in [6.45, 7) is 3.30. The number of methoxy groups -OCH3 is 1. The second kappa shape index (κ2) is 4.68. The van der Waals surface area contributed by atoms with Crippen LogP contribution in [0.15, 0.2) is 35.5 Å². The first-order chi connectivity index (χ1) is 8.99. The smallest absolute Gasteiger partial charge is 0.355 e. The minimum atomic E-state index is -0.700. The number of allylic oxidation sites excluding steroid dienone is 1. The van der Waals surface area contributed by atoms with Crippen LogP contribution in [0.25, 0.3) is 0 Å². The van der Waals surface area contributed by atoms with Gasteiger partial charge in [-0.05, 0) is 31.6 Å². The highest BCUT2D eigenvalue weighted by Crippen LogP contribution is 2.27. The van der Waals surface area contributed by atoms with E-state index < -0.39 is 17.8 Å². The molecule has 19 heavy (non-hydrogen) atoms. The minimum Gasteiger partial charge on any atom is -0.464 e.